The molecule has 1 amide bonds. The molecule has 12 heteroatoms. The van der Waals surface area contributed by atoms with Crippen LogP contribution in [0.1, 0.15) is 18.9 Å². The fraction of sp³-hybridized carbons (Fsp3) is 0.435. The van der Waals surface area contributed by atoms with Crippen LogP contribution in [0.25, 0.3) is 10.9 Å². The van der Waals surface area contributed by atoms with E-state index in [-0.39, 0.29) is 37.4 Å². The highest BCUT2D eigenvalue weighted by Crippen LogP contribution is 2.36. The average Bonchev–Trinajstić information content (AvgIpc) is 2.81. The van der Waals surface area contributed by atoms with Gasteiger partial charge in [0.2, 0.25) is 11.7 Å². The predicted octanol–water partition coefficient (Wildman–Crippen LogP) is 3.88. The summed E-state index contributed by atoms with van der Waals surface area (Å²) < 4.78 is 38.6. The Hall–Kier alpha value is -3.39. The van der Waals surface area contributed by atoms with E-state index in [9.17, 15) is 23.2 Å². The highest BCUT2D eigenvalue weighted by molar-refractivity contribution is 6.31. The maximum atomic E-state index is 13.2. The molecule has 1 aromatic heterocycles. The number of nitriles is 1. The van der Waals surface area contributed by atoms with E-state index in [1.165, 1.54) is 11.1 Å². The number of nitrogens with one attached hydrogen (secondary N) is 2. The Morgan fingerprint density at radius 3 is 2.66 bits per heavy atom. The molecule has 2 atom stereocenters. The molecule has 3 heterocycles. The Morgan fingerprint density at radius 1 is 1.29 bits per heavy atom. The van der Waals surface area contributed by atoms with Crippen LogP contribution in [0.2, 0.25) is 5.02 Å². The van der Waals surface area contributed by atoms with Gasteiger partial charge in [-0.25, -0.2) is 0 Å². The first-order valence-corrected chi connectivity index (χ1v) is 11.4. The minimum atomic E-state index is -4.84. The molecule has 35 heavy (non-hydrogen) atoms. The average molecular weight is 506 g/mol. The fourth-order valence-corrected chi connectivity index (χ4v) is 4.98. The van der Waals surface area contributed by atoms with Gasteiger partial charge in [-0.15, -0.1) is 0 Å². The molecule has 0 spiro atoms. The van der Waals surface area contributed by atoms with Crippen molar-refractivity contribution in [2.24, 2.45) is 11.8 Å². The molecule has 4 rings (SSSR count). The van der Waals surface area contributed by atoms with Crippen LogP contribution < -0.4 is 4.90 Å². The molecule has 2 aliphatic heterocycles. The molecule has 2 N–H and O–H groups in total. The van der Waals surface area contributed by atoms with Crippen LogP contribution in [-0.4, -0.2) is 71.3 Å². The molecule has 8 nitrogen and oxygen atoms in total. The first-order valence-electron chi connectivity index (χ1n) is 11.0. The van der Waals surface area contributed by atoms with Crippen LogP contribution in [-0.2, 0) is 4.79 Å². The van der Waals surface area contributed by atoms with Gasteiger partial charge in [0.05, 0.1) is 23.3 Å². The third-order valence-electron chi connectivity index (χ3n) is 6.57. The van der Waals surface area contributed by atoms with E-state index in [0.29, 0.717) is 40.5 Å². The highest BCUT2D eigenvalue weighted by atomic mass is 35.5. The summed E-state index contributed by atoms with van der Waals surface area (Å²) in [5, 5.41) is 26.2. The number of pyridine rings is 1. The minimum Gasteiger partial charge on any atom is -0.370 e. The van der Waals surface area contributed by atoms with Gasteiger partial charge in [0.25, 0.3) is 0 Å². The number of amides is 1. The zero-order valence-electron chi connectivity index (χ0n) is 18.9. The normalized spacial score (nSPS) is 21.3. The number of piperidine rings is 1. The van der Waals surface area contributed by atoms with Crippen molar-refractivity contribution >= 4 is 45.8 Å². The number of halogens is 4. The zero-order chi connectivity index (χ0) is 25.5. The van der Waals surface area contributed by atoms with Crippen molar-refractivity contribution in [3.63, 3.8) is 0 Å². The van der Waals surface area contributed by atoms with Gasteiger partial charge in [0.15, 0.2) is 0 Å². The third-order valence-corrected chi connectivity index (χ3v) is 6.81. The monoisotopic (exact) mass is 505 g/mol. The Kier molecular flexibility index (Phi) is 6.60. The second-order valence-corrected chi connectivity index (χ2v) is 9.25. The van der Waals surface area contributed by atoms with Crippen LogP contribution in [0.4, 0.5) is 18.9 Å². The van der Waals surface area contributed by atoms with Gasteiger partial charge in [-0.3, -0.25) is 20.6 Å². The van der Waals surface area contributed by atoms with Gasteiger partial charge in [0.1, 0.15) is 11.9 Å². The second-order valence-electron chi connectivity index (χ2n) is 8.82. The molecule has 184 valence electrons. The number of nitrogens with zero attached hydrogens (tertiary/aromatic N) is 5. The molecular formula is C23H23ClF3N7O. The van der Waals surface area contributed by atoms with Crippen LogP contribution in [0.15, 0.2) is 24.4 Å². The van der Waals surface area contributed by atoms with Crippen molar-refractivity contribution < 1.29 is 18.0 Å². The number of anilines is 1. The number of fused-ring (bicyclic) bond motifs is 1. The van der Waals surface area contributed by atoms with Crippen molar-refractivity contribution in [3.05, 3.63) is 35.0 Å². The van der Waals surface area contributed by atoms with Gasteiger partial charge in [-0.2, -0.15) is 18.4 Å². The lowest BCUT2D eigenvalue weighted by Crippen LogP contribution is -2.58. The number of alkyl halides is 3. The van der Waals surface area contributed by atoms with Crippen molar-refractivity contribution in [1.29, 1.82) is 16.1 Å². The van der Waals surface area contributed by atoms with Crippen LogP contribution in [0.5, 0.6) is 0 Å². The largest absolute Gasteiger partial charge is 0.449 e. The van der Waals surface area contributed by atoms with E-state index in [2.05, 4.69) is 16.0 Å². The number of hydrogen-bond donors (Lipinski definition) is 2. The van der Waals surface area contributed by atoms with Gasteiger partial charge in [0, 0.05) is 48.7 Å². The summed E-state index contributed by atoms with van der Waals surface area (Å²) in [6, 6.07) is 7.47. The summed E-state index contributed by atoms with van der Waals surface area (Å²) in [5.41, 5.74) is 1.84. The molecule has 0 radical (unpaired) electrons. The number of rotatable bonds is 2. The van der Waals surface area contributed by atoms with Gasteiger partial charge < -0.3 is 14.7 Å². The molecule has 2 fully saturated rings. The lowest BCUT2D eigenvalue weighted by molar-refractivity contribution is -0.137. The molecule has 0 aliphatic carbocycles. The Morgan fingerprint density at radius 2 is 2.03 bits per heavy atom. The zero-order valence-corrected chi connectivity index (χ0v) is 19.6. The van der Waals surface area contributed by atoms with Crippen LogP contribution in [0, 0.1) is 34.0 Å². The number of amidine groups is 2. The Labute approximate surface area is 204 Å². The summed E-state index contributed by atoms with van der Waals surface area (Å²) in [5.74, 6) is -2.69. The van der Waals surface area contributed by atoms with Crippen molar-refractivity contribution in [2.75, 3.05) is 37.6 Å². The smallest absolute Gasteiger partial charge is 0.370 e. The lowest BCUT2D eigenvalue weighted by atomic mass is 9.85. The fourth-order valence-electron chi connectivity index (χ4n) is 4.81. The van der Waals surface area contributed by atoms with Gasteiger partial charge in [-0.05, 0) is 30.5 Å². The summed E-state index contributed by atoms with van der Waals surface area (Å²) >= 11 is 6.20. The molecular weight excluding hydrogens is 483 g/mol. The SMILES string of the molecule is CC1CN(c2c(C#N)cnc3ccc(Cl)cc23)CCC1C(=O)N1CCN(C(=N)C(F)(F)F)C(=N)C1. The third kappa shape index (κ3) is 4.75. The van der Waals surface area contributed by atoms with Crippen molar-refractivity contribution in [2.45, 2.75) is 19.5 Å². The van der Waals surface area contributed by atoms with Gasteiger partial charge in [-0.1, -0.05) is 18.5 Å². The molecule has 2 aliphatic rings. The minimum absolute atomic E-state index is 0.0126. The Balaban J connectivity index is 1.48. The van der Waals surface area contributed by atoms with Gasteiger partial charge >= 0.3 is 6.18 Å². The van der Waals surface area contributed by atoms with E-state index < -0.39 is 17.8 Å². The predicted molar refractivity (Wildman–Crippen MR) is 126 cm³/mol. The maximum Gasteiger partial charge on any atom is 0.449 e. The maximum absolute atomic E-state index is 13.2. The standard InChI is InChI=1S/C23H23ClF3N7O/c1-13-11-32(20-14(9-28)10-31-18-3-2-15(24)8-17(18)20)5-4-16(13)21(35)33-6-7-34(19(29)12-33)22(30)23(25,26)27/h2-3,8,10,13,16,29-30H,4-7,11-12H2,1H3. The number of benzene rings is 1. The summed E-state index contributed by atoms with van der Waals surface area (Å²) in [7, 11) is 0. The lowest BCUT2D eigenvalue weighted by Gasteiger charge is -2.42. The quantitative estimate of drug-likeness (QED) is 0.475. The van der Waals surface area contributed by atoms with E-state index >= 15 is 0 Å². The number of carbonyl (C=O) groups excluding carboxylic acids is 1. The molecule has 1 aromatic carbocycles. The number of aromatic nitrogens is 1. The van der Waals surface area contributed by atoms with Crippen LogP contribution >= 0.6 is 11.6 Å². The number of hydrogen-bond acceptors (Lipinski definition) is 6. The summed E-state index contributed by atoms with van der Waals surface area (Å²) in [6.45, 7) is 2.42. The number of carbonyl (C=O) groups is 1. The summed E-state index contributed by atoms with van der Waals surface area (Å²) in [6.07, 6.45) is -2.83. The van der Waals surface area contributed by atoms with E-state index in [1.54, 1.807) is 18.2 Å². The highest BCUT2D eigenvalue weighted by Gasteiger charge is 2.43. The van der Waals surface area contributed by atoms with Crippen molar-refractivity contribution in [1.82, 2.24) is 14.8 Å². The van der Waals surface area contributed by atoms with E-state index in [0.717, 1.165) is 11.1 Å². The molecule has 2 aromatic rings. The van der Waals surface area contributed by atoms with E-state index in [1.807, 2.05) is 6.92 Å². The van der Waals surface area contributed by atoms with Crippen LogP contribution in [0.3, 0.4) is 0 Å². The second kappa shape index (κ2) is 9.34. The molecule has 2 saturated heterocycles. The Bertz CT molecular complexity index is 1240. The summed E-state index contributed by atoms with van der Waals surface area (Å²) in [4.78, 5) is 21.6. The first-order chi connectivity index (χ1) is 16.5. The first kappa shape index (κ1) is 24.7. The molecule has 2 unspecified atom stereocenters. The van der Waals surface area contributed by atoms with Crippen molar-refractivity contribution in [3.8, 4) is 6.07 Å². The molecule has 0 saturated carbocycles. The number of piperazine rings is 1. The molecule has 0 bridgehead atoms. The topological polar surface area (TPSA) is 111 Å². The van der Waals surface area contributed by atoms with E-state index in [4.69, 9.17) is 22.4 Å².